The van der Waals surface area contributed by atoms with E-state index in [0.29, 0.717) is 13.0 Å². The molecule has 1 aromatic carbocycles. The molecule has 1 unspecified atom stereocenters. The van der Waals surface area contributed by atoms with Crippen molar-refractivity contribution in [1.82, 2.24) is 5.32 Å². The summed E-state index contributed by atoms with van der Waals surface area (Å²) in [5, 5.41) is 13.2. The van der Waals surface area contributed by atoms with Gasteiger partial charge in [0.05, 0.1) is 12.7 Å². The average molecular weight is 241 g/mol. The lowest BCUT2D eigenvalue weighted by Gasteiger charge is -2.23. The van der Waals surface area contributed by atoms with Crippen LogP contribution in [0.25, 0.3) is 0 Å². The van der Waals surface area contributed by atoms with Crippen molar-refractivity contribution in [2.75, 3.05) is 20.2 Å². The van der Waals surface area contributed by atoms with Gasteiger partial charge >= 0.3 is 0 Å². The first-order chi connectivity index (χ1) is 7.98. The van der Waals surface area contributed by atoms with Crippen molar-refractivity contribution in [3.63, 3.8) is 0 Å². The van der Waals surface area contributed by atoms with Crippen LogP contribution < -0.4 is 10.1 Å². The van der Waals surface area contributed by atoms with E-state index in [9.17, 15) is 9.50 Å². The van der Waals surface area contributed by atoms with Gasteiger partial charge in [-0.15, -0.1) is 0 Å². The van der Waals surface area contributed by atoms with Gasteiger partial charge in [0.2, 0.25) is 0 Å². The van der Waals surface area contributed by atoms with Crippen molar-refractivity contribution in [1.29, 1.82) is 0 Å². The second kappa shape index (κ2) is 5.98. The zero-order valence-electron chi connectivity index (χ0n) is 10.6. The fourth-order valence-corrected chi connectivity index (χ4v) is 1.72. The minimum Gasteiger partial charge on any atom is -0.494 e. The second-order valence-electron chi connectivity index (χ2n) is 4.42. The summed E-state index contributed by atoms with van der Waals surface area (Å²) >= 11 is 0. The van der Waals surface area contributed by atoms with E-state index in [1.165, 1.54) is 13.2 Å². The lowest BCUT2D eigenvalue weighted by molar-refractivity contribution is 0.0607. The number of benzene rings is 1. The molecule has 1 aromatic rings. The third-order valence-corrected chi connectivity index (χ3v) is 2.56. The predicted octanol–water partition coefficient (Wildman–Crippen LogP) is 1.74. The highest BCUT2D eigenvalue weighted by molar-refractivity contribution is 5.30. The summed E-state index contributed by atoms with van der Waals surface area (Å²) in [7, 11) is 1.43. The number of ether oxygens (including phenoxy) is 1. The molecule has 0 heterocycles. The largest absolute Gasteiger partial charge is 0.494 e. The minimum absolute atomic E-state index is 0.222. The van der Waals surface area contributed by atoms with Gasteiger partial charge in [-0.3, -0.25) is 0 Å². The van der Waals surface area contributed by atoms with Crippen LogP contribution in [0.2, 0.25) is 0 Å². The summed E-state index contributed by atoms with van der Waals surface area (Å²) in [5.41, 5.74) is -0.122. The van der Waals surface area contributed by atoms with E-state index in [1.807, 2.05) is 6.92 Å². The summed E-state index contributed by atoms with van der Waals surface area (Å²) in [6.07, 6.45) is 0.404. The van der Waals surface area contributed by atoms with E-state index in [0.717, 1.165) is 12.1 Å². The van der Waals surface area contributed by atoms with Crippen LogP contribution in [0.5, 0.6) is 5.75 Å². The van der Waals surface area contributed by atoms with Crippen molar-refractivity contribution in [2.24, 2.45) is 0 Å². The lowest BCUT2D eigenvalue weighted by atomic mass is 9.96. The highest BCUT2D eigenvalue weighted by atomic mass is 19.1. The topological polar surface area (TPSA) is 41.5 Å². The maximum Gasteiger partial charge on any atom is 0.165 e. The van der Waals surface area contributed by atoms with Crippen LogP contribution in [-0.4, -0.2) is 30.9 Å². The number of halogens is 1. The third kappa shape index (κ3) is 4.32. The number of likely N-dealkylation sites (N-methyl/N-ethyl adjacent to an activating group) is 1. The Morgan fingerprint density at radius 1 is 1.47 bits per heavy atom. The molecule has 96 valence electrons. The first kappa shape index (κ1) is 13.9. The van der Waals surface area contributed by atoms with Gasteiger partial charge in [0, 0.05) is 13.0 Å². The first-order valence-corrected chi connectivity index (χ1v) is 5.74. The molecule has 1 atom stereocenters. The molecule has 0 saturated heterocycles. The Balaban J connectivity index is 2.71. The van der Waals surface area contributed by atoms with Gasteiger partial charge in [-0.2, -0.15) is 0 Å². The number of rotatable bonds is 6. The fraction of sp³-hybridized carbons (Fsp3) is 0.538. The van der Waals surface area contributed by atoms with Crippen molar-refractivity contribution in [3.8, 4) is 5.75 Å². The molecule has 1 rings (SSSR count). The van der Waals surface area contributed by atoms with Gasteiger partial charge in [-0.25, -0.2) is 4.39 Å². The van der Waals surface area contributed by atoms with Crippen LogP contribution in [0.3, 0.4) is 0 Å². The van der Waals surface area contributed by atoms with E-state index in [4.69, 9.17) is 4.74 Å². The molecule has 0 aliphatic rings. The minimum atomic E-state index is -0.878. The molecule has 0 fully saturated rings. The quantitative estimate of drug-likeness (QED) is 0.797. The molecule has 0 aliphatic carbocycles. The van der Waals surface area contributed by atoms with Crippen molar-refractivity contribution < 1.29 is 14.2 Å². The Labute approximate surface area is 102 Å². The van der Waals surface area contributed by atoms with Gasteiger partial charge in [-0.05, 0) is 31.2 Å². The molecular formula is C13H20FNO2. The maximum absolute atomic E-state index is 13.5. The zero-order valence-corrected chi connectivity index (χ0v) is 10.6. The van der Waals surface area contributed by atoms with Crippen LogP contribution in [0.4, 0.5) is 4.39 Å². The van der Waals surface area contributed by atoms with E-state index >= 15 is 0 Å². The van der Waals surface area contributed by atoms with Gasteiger partial charge in [-0.1, -0.05) is 13.0 Å². The summed E-state index contributed by atoms with van der Waals surface area (Å²) in [6, 6.07) is 4.75. The van der Waals surface area contributed by atoms with E-state index < -0.39 is 11.4 Å². The first-order valence-electron chi connectivity index (χ1n) is 5.74. The molecular weight excluding hydrogens is 221 g/mol. The normalized spacial score (nSPS) is 14.4. The average Bonchev–Trinajstić information content (AvgIpc) is 2.26. The summed E-state index contributed by atoms with van der Waals surface area (Å²) in [6.45, 7) is 4.99. The number of aliphatic hydroxyl groups is 1. The van der Waals surface area contributed by atoms with Gasteiger partial charge < -0.3 is 15.2 Å². The zero-order chi connectivity index (χ0) is 12.9. The number of methoxy groups -OCH3 is 1. The van der Waals surface area contributed by atoms with E-state index in [2.05, 4.69) is 5.32 Å². The maximum atomic E-state index is 13.5. The molecule has 0 aromatic heterocycles. The molecule has 0 saturated carbocycles. The van der Waals surface area contributed by atoms with Gasteiger partial charge in [0.1, 0.15) is 0 Å². The van der Waals surface area contributed by atoms with Gasteiger partial charge in [0.25, 0.3) is 0 Å². The molecule has 0 aliphatic heterocycles. The van der Waals surface area contributed by atoms with Crippen LogP contribution in [0, 0.1) is 5.82 Å². The van der Waals surface area contributed by atoms with Crippen molar-refractivity contribution >= 4 is 0 Å². The second-order valence-corrected chi connectivity index (χ2v) is 4.42. The standard InChI is InChI=1S/C13H20FNO2/c1-4-15-9-13(2,16)8-10-5-6-12(17-3)11(14)7-10/h5-7,15-16H,4,8-9H2,1-3H3. The molecule has 3 nitrogen and oxygen atoms in total. The Hall–Kier alpha value is -1.13. The molecule has 17 heavy (non-hydrogen) atoms. The SMILES string of the molecule is CCNCC(C)(O)Cc1ccc(OC)c(F)c1. The Morgan fingerprint density at radius 2 is 2.18 bits per heavy atom. The van der Waals surface area contributed by atoms with Crippen LogP contribution in [0.1, 0.15) is 19.4 Å². The fourth-order valence-electron chi connectivity index (χ4n) is 1.72. The molecule has 0 radical (unpaired) electrons. The molecule has 4 heteroatoms. The molecule has 0 bridgehead atoms. The summed E-state index contributed by atoms with van der Waals surface area (Å²) < 4.78 is 18.3. The number of hydrogen-bond donors (Lipinski definition) is 2. The molecule has 0 amide bonds. The summed E-state index contributed by atoms with van der Waals surface area (Å²) in [4.78, 5) is 0. The van der Waals surface area contributed by atoms with E-state index in [-0.39, 0.29) is 5.75 Å². The predicted molar refractivity (Wildman–Crippen MR) is 65.8 cm³/mol. The number of nitrogens with one attached hydrogen (secondary N) is 1. The highest BCUT2D eigenvalue weighted by Crippen LogP contribution is 2.20. The molecule has 0 spiro atoms. The van der Waals surface area contributed by atoms with Crippen molar-refractivity contribution in [3.05, 3.63) is 29.6 Å². The van der Waals surface area contributed by atoms with Crippen LogP contribution >= 0.6 is 0 Å². The number of hydrogen-bond acceptors (Lipinski definition) is 3. The van der Waals surface area contributed by atoms with Gasteiger partial charge in [0.15, 0.2) is 11.6 Å². The van der Waals surface area contributed by atoms with Crippen LogP contribution in [0.15, 0.2) is 18.2 Å². The molecule has 2 N–H and O–H groups in total. The Kier molecular flexibility index (Phi) is 4.90. The highest BCUT2D eigenvalue weighted by Gasteiger charge is 2.20. The Morgan fingerprint density at radius 3 is 2.71 bits per heavy atom. The summed E-state index contributed by atoms with van der Waals surface area (Å²) in [5.74, 6) is -0.177. The van der Waals surface area contributed by atoms with Crippen molar-refractivity contribution in [2.45, 2.75) is 25.9 Å². The van der Waals surface area contributed by atoms with E-state index in [1.54, 1.807) is 19.1 Å². The smallest absolute Gasteiger partial charge is 0.165 e. The monoisotopic (exact) mass is 241 g/mol. The lowest BCUT2D eigenvalue weighted by Crippen LogP contribution is -2.39. The van der Waals surface area contributed by atoms with Crippen LogP contribution in [-0.2, 0) is 6.42 Å². The Bertz CT molecular complexity index is 366. The third-order valence-electron chi connectivity index (χ3n) is 2.56.